The summed E-state index contributed by atoms with van der Waals surface area (Å²) in [5, 5.41) is 42.1. The van der Waals surface area contributed by atoms with Gasteiger partial charge in [0.15, 0.2) is 12.0 Å². The fourth-order valence-corrected chi connectivity index (χ4v) is 5.51. The largest absolute Gasteiger partial charge is 0.480 e. The lowest BCUT2D eigenvalue weighted by atomic mass is 10.0. The predicted octanol–water partition coefficient (Wildman–Crippen LogP) is -2.62. The molecule has 0 spiro atoms. The maximum atomic E-state index is 13.8. The van der Waals surface area contributed by atoms with Gasteiger partial charge in [0.25, 0.3) is 0 Å². The van der Waals surface area contributed by atoms with Crippen LogP contribution < -0.4 is 49.1 Å². The van der Waals surface area contributed by atoms with Crippen LogP contribution in [0.4, 0.5) is 0 Å². The number of carboxylic acid groups (broad SMARTS) is 1. The lowest BCUT2D eigenvalue weighted by Crippen LogP contribution is -2.61. The van der Waals surface area contributed by atoms with Gasteiger partial charge in [-0.3, -0.25) is 34.2 Å². The lowest BCUT2D eigenvalue weighted by molar-refractivity contribution is -0.145. The van der Waals surface area contributed by atoms with Gasteiger partial charge in [0.05, 0.1) is 12.1 Å². The van der Waals surface area contributed by atoms with Crippen molar-refractivity contribution in [3.8, 4) is 0 Å². The third-order valence-electron chi connectivity index (χ3n) is 8.11. The first-order chi connectivity index (χ1) is 25.4. The lowest BCUT2D eigenvalue weighted by Gasteiger charge is -2.29. The van der Waals surface area contributed by atoms with Gasteiger partial charge in [-0.05, 0) is 56.1 Å². The van der Waals surface area contributed by atoms with Crippen molar-refractivity contribution in [2.45, 2.75) is 102 Å². The number of carbonyl (C=O) groups excluding carboxylic acids is 6. The van der Waals surface area contributed by atoms with E-state index in [-0.39, 0.29) is 51.0 Å². The van der Waals surface area contributed by atoms with Gasteiger partial charge in [0.1, 0.15) is 24.2 Å². The number of rotatable bonds is 25. The number of amides is 6. The zero-order valence-corrected chi connectivity index (χ0v) is 31.9. The second-order valence-electron chi connectivity index (χ2n) is 13.0. The van der Waals surface area contributed by atoms with Crippen LogP contribution in [0.3, 0.4) is 0 Å². The fraction of sp³-hybridized carbons (Fsp3) is 0.588. The van der Waals surface area contributed by atoms with Crippen molar-refractivity contribution in [1.82, 2.24) is 31.9 Å². The average molecular weight is 781 g/mol. The van der Waals surface area contributed by atoms with Gasteiger partial charge >= 0.3 is 5.97 Å². The summed E-state index contributed by atoms with van der Waals surface area (Å²) in [5.74, 6) is -6.35. The monoisotopic (exact) mass is 780 g/mol. The van der Waals surface area contributed by atoms with Crippen molar-refractivity contribution in [2.24, 2.45) is 23.1 Å². The van der Waals surface area contributed by atoms with Gasteiger partial charge in [-0.1, -0.05) is 44.2 Å². The molecule has 302 valence electrons. The van der Waals surface area contributed by atoms with E-state index in [9.17, 15) is 43.8 Å². The molecule has 1 aromatic carbocycles. The van der Waals surface area contributed by atoms with E-state index in [0.29, 0.717) is 11.3 Å². The van der Waals surface area contributed by atoms with Crippen molar-refractivity contribution >= 4 is 59.1 Å². The van der Waals surface area contributed by atoms with Crippen molar-refractivity contribution in [3.63, 3.8) is 0 Å². The van der Waals surface area contributed by atoms with Gasteiger partial charge in [-0.15, -0.1) is 0 Å². The summed E-state index contributed by atoms with van der Waals surface area (Å²) in [6.07, 6.45) is 0.527. The zero-order valence-electron chi connectivity index (χ0n) is 31.1. The maximum Gasteiger partial charge on any atom is 0.328 e. The fourth-order valence-electron chi connectivity index (χ4n) is 5.03. The number of thioether (sulfide) groups is 1. The maximum absolute atomic E-state index is 13.8. The van der Waals surface area contributed by atoms with Crippen LogP contribution in [0.15, 0.2) is 30.3 Å². The van der Waals surface area contributed by atoms with Crippen molar-refractivity contribution in [2.75, 3.05) is 18.6 Å². The second-order valence-corrected chi connectivity index (χ2v) is 14.0. The number of aliphatic hydroxyl groups is 1. The molecule has 0 unspecified atom stereocenters. The third kappa shape index (κ3) is 17.7. The van der Waals surface area contributed by atoms with E-state index in [4.69, 9.17) is 22.6 Å². The van der Waals surface area contributed by atoms with Gasteiger partial charge in [0.2, 0.25) is 35.4 Å². The highest BCUT2D eigenvalue weighted by molar-refractivity contribution is 7.98. The third-order valence-corrected chi connectivity index (χ3v) is 8.75. The molecule has 0 aliphatic heterocycles. The van der Waals surface area contributed by atoms with E-state index >= 15 is 0 Å². The molecule has 1 rings (SSSR count). The van der Waals surface area contributed by atoms with E-state index in [2.05, 4.69) is 31.9 Å². The number of hydrogen-bond acceptors (Lipinski definition) is 11. The summed E-state index contributed by atoms with van der Waals surface area (Å²) in [6, 6.07) is 0.928. The Hall–Kier alpha value is -4.95. The van der Waals surface area contributed by atoms with E-state index in [1.54, 1.807) is 50.4 Å². The quantitative estimate of drug-likeness (QED) is 0.0275. The average Bonchev–Trinajstić information content (AvgIpc) is 3.10. The Kier molecular flexibility index (Phi) is 21.3. The van der Waals surface area contributed by atoms with Crippen LogP contribution in [0.1, 0.15) is 58.4 Å². The number of aliphatic hydroxyl groups excluding tert-OH is 1. The SMILES string of the molecule is CSCC[C@H](NC(=O)[C@@H](NC(=O)[C@H](CCCNC(=N)N)NC(=O)[C@@H](N)CCC(N)=O)C(C)C)C(=O)N[C@@H](Cc1ccccc1)C(=O)N[C@H](C(=O)O)[C@@H](C)O. The van der Waals surface area contributed by atoms with Crippen LogP contribution in [0.2, 0.25) is 0 Å². The summed E-state index contributed by atoms with van der Waals surface area (Å²) < 4.78 is 0. The van der Waals surface area contributed by atoms with Crippen LogP contribution in [0.5, 0.6) is 0 Å². The van der Waals surface area contributed by atoms with Crippen LogP contribution in [0, 0.1) is 11.3 Å². The highest BCUT2D eigenvalue weighted by Gasteiger charge is 2.34. The molecule has 0 saturated heterocycles. The molecule has 7 atom stereocenters. The number of carbonyl (C=O) groups is 7. The normalized spacial score (nSPS) is 14.9. The molecule has 0 aliphatic carbocycles. The molecule has 0 radical (unpaired) electrons. The Balaban J connectivity index is 3.27. The molecule has 0 aromatic heterocycles. The Bertz CT molecular complexity index is 1430. The molecular formula is C34H56N10O9S. The first-order valence-corrected chi connectivity index (χ1v) is 18.8. The smallest absolute Gasteiger partial charge is 0.328 e. The number of aliphatic carboxylic acids is 1. The highest BCUT2D eigenvalue weighted by atomic mass is 32.2. The molecule has 0 aliphatic rings. The molecule has 15 N–H and O–H groups in total. The van der Waals surface area contributed by atoms with Gasteiger partial charge in [-0.2, -0.15) is 11.8 Å². The van der Waals surface area contributed by atoms with Gasteiger partial charge in [-0.25, -0.2) is 4.79 Å². The highest BCUT2D eigenvalue weighted by Crippen LogP contribution is 2.10. The standard InChI is InChI=1S/C34H56N10O9S/c1-18(2)26(43-30(49)22(11-8-15-39-34(37)38)40-28(47)21(35)12-13-25(36)46)32(51)41-23(14-16-54-4)29(48)42-24(17-20-9-6-5-7-10-20)31(50)44-27(19(3)45)33(52)53/h5-7,9-10,18-19,21-24,26-27,45H,8,11-17,35H2,1-4H3,(H2,36,46)(H,40,47)(H,41,51)(H,42,48)(H,43,49)(H,44,50)(H,52,53)(H4,37,38,39)/t19-,21+,22+,23+,24+,26+,27+/m1/s1. The summed E-state index contributed by atoms with van der Waals surface area (Å²) in [7, 11) is 0. The van der Waals surface area contributed by atoms with E-state index in [1.807, 2.05) is 0 Å². The number of carboxylic acids is 1. The van der Waals surface area contributed by atoms with Crippen LogP contribution in [-0.4, -0.2) is 118 Å². The van der Waals surface area contributed by atoms with E-state index < -0.39 is 89.7 Å². The van der Waals surface area contributed by atoms with Crippen molar-refractivity contribution in [3.05, 3.63) is 35.9 Å². The summed E-state index contributed by atoms with van der Waals surface area (Å²) in [4.78, 5) is 90.1. The summed E-state index contributed by atoms with van der Waals surface area (Å²) in [6.45, 7) is 4.72. The molecular weight excluding hydrogens is 725 g/mol. The van der Waals surface area contributed by atoms with Crippen LogP contribution >= 0.6 is 11.8 Å². The Labute approximate surface area is 318 Å². The number of nitrogens with one attached hydrogen (secondary N) is 7. The number of primary amides is 1. The number of hydrogen-bond donors (Lipinski definition) is 12. The minimum atomic E-state index is -1.65. The summed E-state index contributed by atoms with van der Waals surface area (Å²) in [5.41, 5.74) is 17.0. The van der Waals surface area contributed by atoms with Gasteiger partial charge < -0.3 is 59.3 Å². The summed E-state index contributed by atoms with van der Waals surface area (Å²) >= 11 is 1.39. The first kappa shape index (κ1) is 47.1. The predicted molar refractivity (Wildman–Crippen MR) is 203 cm³/mol. The molecule has 6 amide bonds. The Morgan fingerprint density at radius 2 is 1.30 bits per heavy atom. The molecule has 0 heterocycles. The number of nitrogens with two attached hydrogens (primary N) is 3. The van der Waals surface area contributed by atoms with Gasteiger partial charge in [0, 0.05) is 19.4 Å². The second kappa shape index (κ2) is 24.4. The minimum absolute atomic E-state index is 0.0420. The number of guanidine groups is 1. The molecule has 19 nitrogen and oxygen atoms in total. The molecule has 0 bridgehead atoms. The van der Waals surface area contributed by atoms with Crippen LogP contribution in [-0.2, 0) is 40.0 Å². The molecule has 0 fully saturated rings. The topological polar surface area (TPSA) is 334 Å². The first-order valence-electron chi connectivity index (χ1n) is 17.4. The van der Waals surface area contributed by atoms with Crippen molar-refractivity contribution in [1.29, 1.82) is 5.41 Å². The van der Waals surface area contributed by atoms with Crippen molar-refractivity contribution < 1.29 is 43.8 Å². The Morgan fingerprint density at radius 1 is 0.759 bits per heavy atom. The molecule has 20 heteroatoms. The molecule has 54 heavy (non-hydrogen) atoms. The minimum Gasteiger partial charge on any atom is -0.480 e. The molecule has 0 saturated carbocycles. The number of benzene rings is 1. The van der Waals surface area contributed by atoms with E-state index in [1.165, 1.54) is 18.7 Å². The Morgan fingerprint density at radius 3 is 1.83 bits per heavy atom. The molecule has 1 aromatic rings. The zero-order chi connectivity index (χ0) is 41.0. The van der Waals surface area contributed by atoms with E-state index in [0.717, 1.165) is 0 Å². The van der Waals surface area contributed by atoms with Crippen LogP contribution in [0.25, 0.3) is 0 Å².